The fourth-order valence-electron chi connectivity index (χ4n) is 4.76. The molecule has 0 saturated heterocycles. The molecule has 6 nitrogen and oxygen atoms in total. The number of nitrogens with one attached hydrogen (secondary N) is 2. The molecule has 29 heavy (non-hydrogen) atoms. The number of primary amides is 1. The standard InChI is InChI=1S/C23H24N4O2/c24-22(28)16-5-10-21-20(13-16)26-23(29)27(21)19-8-6-17(7-9-19)25-18-11-14-3-1-2-4-15(14)12-18/h1-5,10-11,13,17,19,25H,6-9,12H2,(H2,24,28)(H,26,29). The van der Waals surface area contributed by atoms with E-state index in [0.29, 0.717) is 17.1 Å². The summed E-state index contributed by atoms with van der Waals surface area (Å²) >= 11 is 0. The van der Waals surface area contributed by atoms with Gasteiger partial charge in [-0.3, -0.25) is 9.36 Å². The highest BCUT2D eigenvalue weighted by Crippen LogP contribution is 2.31. The Morgan fingerprint density at radius 1 is 1.10 bits per heavy atom. The average Bonchev–Trinajstić information content (AvgIpc) is 3.27. The van der Waals surface area contributed by atoms with Crippen LogP contribution in [0, 0.1) is 0 Å². The zero-order valence-corrected chi connectivity index (χ0v) is 16.2. The number of allylic oxidation sites excluding steroid dienone is 1. The summed E-state index contributed by atoms with van der Waals surface area (Å²) in [5.41, 5.74) is 11.1. The van der Waals surface area contributed by atoms with E-state index in [9.17, 15) is 9.59 Å². The number of rotatable bonds is 4. The number of carbonyl (C=O) groups is 1. The van der Waals surface area contributed by atoms with Crippen LogP contribution in [0.25, 0.3) is 17.1 Å². The number of nitrogens with zero attached hydrogens (tertiary/aromatic N) is 1. The number of imidazole rings is 1. The van der Waals surface area contributed by atoms with Gasteiger partial charge in [0.25, 0.3) is 0 Å². The molecule has 2 aliphatic carbocycles. The highest BCUT2D eigenvalue weighted by Gasteiger charge is 2.26. The zero-order chi connectivity index (χ0) is 20.0. The monoisotopic (exact) mass is 388 g/mol. The van der Waals surface area contributed by atoms with Gasteiger partial charge in [0, 0.05) is 29.8 Å². The molecule has 0 bridgehead atoms. The lowest BCUT2D eigenvalue weighted by molar-refractivity contribution is 0.100. The van der Waals surface area contributed by atoms with E-state index in [1.54, 1.807) is 12.1 Å². The van der Waals surface area contributed by atoms with E-state index in [4.69, 9.17) is 5.73 Å². The lowest BCUT2D eigenvalue weighted by Gasteiger charge is -2.30. The summed E-state index contributed by atoms with van der Waals surface area (Å²) in [7, 11) is 0. The largest absolute Gasteiger partial charge is 0.385 e. The molecule has 6 heteroatoms. The fraction of sp³-hybridized carbons (Fsp3) is 0.304. The van der Waals surface area contributed by atoms with E-state index >= 15 is 0 Å². The van der Waals surface area contributed by atoms with Gasteiger partial charge in [0.1, 0.15) is 0 Å². The van der Waals surface area contributed by atoms with Crippen molar-refractivity contribution in [3.05, 3.63) is 75.3 Å². The second kappa shape index (κ2) is 6.95. The summed E-state index contributed by atoms with van der Waals surface area (Å²) in [6.45, 7) is 0. The molecule has 0 aliphatic heterocycles. The van der Waals surface area contributed by atoms with Crippen molar-refractivity contribution in [1.82, 2.24) is 14.9 Å². The maximum Gasteiger partial charge on any atom is 0.326 e. The second-order valence-corrected chi connectivity index (χ2v) is 8.09. The molecule has 5 rings (SSSR count). The van der Waals surface area contributed by atoms with Crippen LogP contribution < -0.4 is 16.7 Å². The van der Waals surface area contributed by atoms with Crippen molar-refractivity contribution in [2.75, 3.05) is 0 Å². The first-order valence-corrected chi connectivity index (χ1v) is 10.2. The highest BCUT2D eigenvalue weighted by atomic mass is 16.1. The molecule has 0 radical (unpaired) electrons. The van der Waals surface area contributed by atoms with E-state index in [1.165, 1.54) is 16.8 Å². The van der Waals surface area contributed by atoms with E-state index < -0.39 is 5.91 Å². The molecule has 1 heterocycles. The Hall–Kier alpha value is -3.28. The van der Waals surface area contributed by atoms with Gasteiger partial charge in [0.2, 0.25) is 5.91 Å². The second-order valence-electron chi connectivity index (χ2n) is 8.09. The summed E-state index contributed by atoms with van der Waals surface area (Å²) in [6, 6.07) is 14.3. The van der Waals surface area contributed by atoms with Gasteiger partial charge < -0.3 is 16.0 Å². The summed E-state index contributed by atoms with van der Waals surface area (Å²) in [4.78, 5) is 26.8. The third-order valence-corrected chi connectivity index (χ3v) is 6.22. The molecular formula is C23H24N4O2. The van der Waals surface area contributed by atoms with Gasteiger partial charge in [0.15, 0.2) is 0 Å². The molecule has 0 atom stereocenters. The summed E-state index contributed by atoms with van der Waals surface area (Å²) in [5.74, 6) is -0.490. The SMILES string of the molecule is NC(=O)c1ccc2c(c1)[nH]c(=O)n2C1CCC(NC2=Cc3ccccc3C2)CC1. The lowest BCUT2D eigenvalue weighted by Crippen LogP contribution is -2.35. The first kappa shape index (κ1) is 17.8. The minimum atomic E-state index is -0.490. The Bertz CT molecular complexity index is 1180. The number of aromatic amines is 1. The predicted octanol–water partition coefficient (Wildman–Crippen LogP) is 3.10. The Morgan fingerprint density at radius 3 is 2.66 bits per heavy atom. The van der Waals surface area contributed by atoms with Gasteiger partial charge in [-0.2, -0.15) is 0 Å². The molecule has 2 aliphatic rings. The van der Waals surface area contributed by atoms with E-state index in [0.717, 1.165) is 37.6 Å². The number of carbonyl (C=O) groups excluding carboxylic acids is 1. The fourth-order valence-corrected chi connectivity index (χ4v) is 4.76. The first-order chi connectivity index (χ1) is 14.1. The smallest absolute Gasteiger partial charge is 0.326 e. The van der Waals surface area contributed by atoms with Crippen LogP contribution in [0.2, 0.25) is 0 Å². The summed E-state index contributed by atoms with van der Waals surface area (Å²) in [6.07, 6.45) is 7.17. The topological polar surface area (TPSA) is 92.9 Å². The van der Waals surface area contributed by atoms with Crippen LogP contribution in [0.5, 0.6) is 0 Å². The average molecular weight is 388 g/mol. The summed E-state index contributed by atoms with van der Waals surface area (Å²) < 4.78 is 1.85. The van der Waals surface area contributed by atoms with Crippen LogP contribution >= 0.6 is 0 Å². The molecule has 3 aromatic rings. The molecule has 1 amide bonds. The molecule has 0 unspecified atom stereocenters. The van der Waals surface area contributed by atoms with Crippen LogP contribution in [-0.4, -0.2) is 21.5 Å². The molecule has 1 saturated carbocycles. The number of benzene rings is 2. The van der Waals surface area contributed by atoms with Crippen molar-refractivity contribution in [3.8, 4) is 0 Å². The Morgan fingerprint density at radius 2 is 1.90 bits per heavy atom. The van der Waals surface area contributed by atoms with Crippen LogP contribution in [0.1, 0.15) is 53.2 Å². The lowest BCUT2D eigenvalue weighted by atomic mass is 9.90. The molecule has 148 valence electrons. The van der Waals surface area contributed by atoms with E-state index in [1.807, 2.05) is 10.6 Å². The minimum absolute atomic E-state index is 0.119. The molecular weight excluding hydrogens is 364 g/mol. The number of fused-ring (bicyclic) bond motifs is 2. The zero-order valence-electron chi connectivity index (χ0n) is 16.2. The van der Waals surface area contributed by atoms with Gasteiger partial charge in [-0.05, 0) is 61.1 Å². The first-order valence-electron chi connectivity index (χ1n) is 10.2. The summed E-state index contributed by atoms with van der Waals surface area (Å²) in [5, 5.41) is 3.72. The van der Waals surface area contributed by atoms with Gasteiger partial charge in [-0.25, -0.2) is 4.79 Å². The Labute approximate surface area is 168 Å². The highest BCUT2D eigenvalue weighted by molar-refractivity contribution is 5.96. The molecule has 2 aromatic carbocycles. The number of amides is 1. The van der Waals surface area contributed by atoms with Crippen LogP contribution in [0.4, 0.5) is 0 Å². The van der Waals surface area contributed by atoms with Crippen molar-refractivity contribution in [3.63, 3.8) is 0 Å². The number of hydrogen-bond acceptors (Lipinski definition) is 3. The maximum atomic E-state index is 12.6. The van der Waals surface area contributed by atoms with Crippen molar-refractivity contribution in [2.24, 2.45) is 5.73 Å². The number of hydrogen-bond donors (Lipinski definition) is 3. The molecule has 1 aromatic heterocycles. The number of aromatic nitrogens is 2. The Balaban J connectivity index is 1.28. The van der Waals surface area contributed by atoms with Crippen molar-refractivity contribution in [2.45, 2.75) is 44.2 Å². The van der Waals surface area contributed by atoms with Crippen LogP contribution in [-0.2, 0) is 6.42 Å². The quantitative estimate of drug-likeness (QED) is 0.641. The Kier molecular flexibility index (Phi) is 4.27. The van der Waals surface area contributed by atoms with Gasteiger partial charge in [0.05, 0.1) is 11.0 Å². The molecule has 4 N–H and O–H groups in total. The van der Waals surface area contributed by atoms with Gasteiger partial charge >= 0.3 is 5.69 Å². The van der Waals surface area contributed by atoms with E-state index in [2.05, 4.69) is 40.6 Å². The normalized spacial score (nSPS) is 21.0. The number of H-pyrrole nitrogens is 1. The third-order valence-electron chi connectivity index (χ3n) is 6.22. The van der Waals surface area contributed by atoms with Crippen LogP contribution in [0.15, 0.2) is 53.0 Å². The molecule has 0 spiro atoms. The minimum Gasteiger partial charge on any atom is -0.385 e. The van der Waals surface area contributed by atoms with Crippen molar-refractivity contribution < 1.29 is 4.79 Å². The van der Waals surface area contributed by atoms with Crippen LogP contribution in [0.3, 0.4) is 0 Å². The predicted molar refractivity (Wildman–Crippen MR) is 114 cm³/mol. The van der Waals surface area contributed by atoms with Crippen molar-refractivity contribution >= 4 is 23.0 Å². The molecule has 1 fully saturated rings. The third kappa shape index (κ3) is 3.24. The maximum absolute atomic E-state index is 12.6. The van der Waals surface area contributed by atoms with Gasteiger partial charge in [-0.15, -0.1) is 0 Å². The van der Waals surface area contributed by atoms with Crippen molar-refractivity contribution in [1.29, 1.82) is 0 Å². The van der Waals surface area contributed by atoms with Gasteiger partial charge in [-0.1, -0.05) is 24.3 Å². The van der Waals surface area contributed by atoms with E-state index in [-0.39, 0.29) is 11.7 Å². The number of nitrogens with two attached hydrogens (primary N) is 1.